The normalized spacial score (nSPS) is 11.3. The molecule has 0 saturated heterocycles. The summed E-state index contributed by atoms with van der Waals surface area (Å²) < 4.78 is 4.37. The molecule has 58 valence electrons. The fourth-order valence-electron chi connectivity index (χ4n) is 1.43. The van der Waals surface area contributed by atoms with Crippen molar-refractivity contribution < 1.29 is 0 Å². The lowest BCUT2D eigenvalue weighted by atomic mass is 10.2. The Balaban J connectivity index is 2.59. The summed E-state index contributed by atoms with van der Waals surface area (Å²) >= 11 is 0. The number of fused-ring (bicyclic) bond motifs is 3. The highest BCUT2D eigenvalue weighted by Crippen LogP contribution is 2.37. The number of aromatic nitrogens is 1. The van der Waals surface area contributed by atoms with E-state index >= 15 is 0 Å². The Kier molecular flexibility index (Phi) is 1.25. The third-order valence-corrected chi connectivity index (χ3v) is 3.80. The highest BCUT2D eigenvalue weighted by Gasteiger charge is 2.11. The fraction of sp³-hybridized carbons (Fsp3) is 0. The average molecular weight is 191 g/mol. The van der Waals surface area contributed by atoms with Crippen LogP contribution < -0.4 is 0 Å². The molecule has 1 aliphatic carbocycles. The van der Waals surface area contributed by atoms with Crippen molar-refractivity contribution in [2.45, 2.75) is 0 Å². The van der Waals surface area contributed by atoms with Crippen molar-refractivity contribution in [3.8, 4) is 10.6 Å². The van der Waals surface area contributed by atoms with E-state index in [0.717, 1.165) is 0 Å². The van der Waals surface area contributed by atoms with Gasteiger partial charge in [0.15, 0.2) is 0 Å². The van der Waals surface area contributed by atoms with Gasteiger partial charge in [0.25, 0.3) is 0 Å². The number of nitrogens with zero attached hydrogens (tertiary/aromatic N) is 1. The van der Waals surface area contributed by atoms with Crippen LogP contribution in [0.4, 0.5) is 0 Å². The lowest BCUT2D eigenvalue weighted by Gasteiger charge is -1.86. The summed E-state index contributed by atoms with van der Waals surface area (Å²) in [5, 5.41) is 2.59. The molecule has 0 saturated carbocycles. The van der Waals surface area contributed by atoms with E-state index in [9.17, 15) is 0 Å². The Morgan fingerprint density at radius 1 is 1.17 bits per heavy atom. The fourth-order valence-corrected chi connectivity index (χ4v) is 3.25. The molecule has 0 aromatic heterocycles. The monoisotopic (exact) mass is 191 g/mol. The molecule has 2 aliphatic rings. The molecule has 1 nitrogen and oxygen atoms in total. The van der Waals surface area contributed by atoms with E-state index in [2.05, 4.69) is 34.7 Å². The molecule has 0 unspecified atom stereocenters. The highest BCUT2D eigenvalue weighted by atomic mass is 32.9. The number of hydrogen-bond acceptors (Lipinski definition) is 3. The van der Waals surface area contributed by atoms with E-state index < -0.39 is 0 Å². The lowest BCUT2D eigenvalue weighted by molar-refractivity contribution is 1.61. The van der Waals surface area contributed by atoms with Crippen molar-refractivity contribution in [2.75, 3.05) is 0 Å². The van der Waals surface area contributed by atoms with Gasteiger partial charge >= 0.3 is 0 Å². The molecule has 1 aliphatic heterocycles. The zero-order chi connectivity index (χ0) is 7.97. The first-order chi connectivity index (χ1) is 5.95. The number of benzene rings is 1. The Morgan fingerprint density at radius 2 is 2.08 bits per heavy atom. The van der Waals surface area contributed by atoms with Gasteiger partial charge in [0, 0.05) is 15.9 Å². The van der Waals surface area contributed by atoms with E-state index in [4.69, 9.17) is 0 Å². The summed E-state index contributed by atoms with van der Waals surface area (Å²) in [5.41, 5.74) is 1.17. The predicted octanol–water partition coefficient (Wildman–Crippen LogP) is 3.46. The standard InChI is InChI=1S/C9H5NS2/c1-2-4-7-6(3-1)5-8-9(7)10-12-11-8/h1-5H. The van der Waals surface area contributed by atoms with Crippen LogP contribution in [-0.2, 0) is 0 Å². The Morgan fingerprint density at radius 3 is 3.08 bits per heavy atom. The van der Waals surface area contributed by atoms with Crippen LogP contribution in [0.2, 0.25) is 0 Å². The topological polar surface area (TPSA) is 12.9 Å². The van der Waals surface area contributed by atoms with Crippen LogP contribution in [0.25, 0.3) is 21.3 Å². The van der Waals surface area contributed by atoms with Crippen LogP contribution in [0.5, 0.6) is 0 Å². The molecule has 1 aromatic rings. The van der Waals surface area contributed by atoms with Crippen LogP contribution in [0, 0.1) is 0 Å². The van der Waals surface area contributed by atoms with Crippen molar-refractivity contribution in [3.63, 3.8) is 0 Å². The second kappa shape index (κ2) is 2.28. The van der Waals surface area contributed by atoms with Gasteiger partial charge in [-0.25, -0.2) is 0 Å². The minimum atomic E-state index is 1.17. The summed E-state index contributed by atoms with van der Waals surface area (Å²) in [6.07, 6.45) is 0. The van der Waals surface area contributed by atoms with E-state index in [1.807, 2.05) is 0 Å². The molecule has 0 fully saturated rings. The van der Waals surface area contributed by atoms with Crippen LogP contribution in [0.3, 0.4) is 0 Å². The third-order valence-electron chi connectivity index (χ3n) is 1.99. The van der Waals surface area contributed by atoms with Crippen LogP contribution in [0.1, 0.15) is 0 Å². The summed E-state index contributed by atoms with van der Waals surface area (Å²) in [6, 6.07) is 10.6. The molecular formula is C9H5NS2. The van der Waals surface area contributed by atoms with Gasteiger partial charge < -0.3 is 0 Å². The number of hydrogen-bond donors (Lipinski definition) is 0. The van der Waals surface area contributed by atoms with Crippen LogP contribution in [-0.4, -0.2) is 4.37 Å². The van der Waals surface area contributed by atoms with Gasteiger partial charge in [0.2, 0.25) is 0 Å². The molecule has 1 aromatic carbocycles. The van der Waals surface area contributed by atoms with Gasteiger partial charge in [-0.3, -0.25) is 0 Å². The molecule has 0 amide bonds. The highest BCUT2D eigenvalue weighted by molar-refractivity contribution is 7.68. The summed E-state index contributed by atoms with van der Waals surface area (Å²) in [4.78, 5) is 1.31. The van der Waals surface area contributed by atoms with Crippen LogP contribution in [0.15, 0.2) is 30.3 Å². The van der Waals surface area contributed by atoms with Crippen molar-refractivity contribution in [1.82, 2.24) is 4.37 Å². The minimum absolute atomic E-state index is 1.17. The smallest absolute Gasteiger partial charge is 0.103 e. The molecule has 1 heterocycles. The molecule has 12 heavy (non-hydrogen) atoms. The zero-order valence-corrected chi connectivity index (χ0v) is 7.78. The van der Waals surface area contributed by atoms with Crippen LogP contribution >= 0.6 is 20.9 Å². The molecule has 0 radical (unpaired) electrons. The maximum atomic E-state index is 4.37. The van der Waals surface area contributed by atoms with E-state index in [1.165, 1.54) is 21.3 Å². The molecule has 3 heteroatoms. The van der Waals surface area contributed by atoms with Crippen molar-refractivity contribution in [2.24, 2.45) is 0 Å². The van der Waals surface area contributed by atoms with Gasteiger partial charge in [-0.2, -0.15) is 4.37 Å². The SMILES string of the molecule is c1ccc2c3nssc-3cc2c1. The summed E-state index contributed by atoms with van der Waals surface area (Å²) in [7, 11) is 3.31. The van der Waals surface area contributed by atoms with E-state index in [1.54, 1.807) is 20.9 Å². The van der Waals surface area contributed by atoms with Crippen molar-refractivity contribution >= 4 is 31.6 Å². The molecule has 0 spiro atoms. The van der Waals surface area contributed by atoms with Crippen molar-refractivity contribution in [1.29, 1.82) is 0 Å². The molecular weight excluding hydrogens is 186 g/mol. The Labute approximate surface area is 77.2 Å². The second-order valence-electron chi connectivity index (χ2n) is 2.69. The van der Waals surface area contributed by atoms with Gasteiger partial charge in [0.1, 0.15) is 5.69 Å². The largest absolute Gasteiger partial charge is 0.181 e. The summed E-state index contributed by atoms with van der Waals surface area (Å²) in [6.45, 7) is 0. The lowest BCUT2D eigenvalue weighted by Crippen LogP contribution is -1.66. The zero-order valence-electron chi connectivity index (χ0n) is 6.15. The maximum Gasteiger partial charge on any atom is 0.103 e. The maximum absolute atomic E-state index is 4.37. The van der Waals surface area contributed by atoms with E-state index in [-0.39, 0.29) is 0 Å². The summed E-state index contributed by atoms with van der Waals surface area (Å²) in [5.74, 6) is 0. The molecule has 0 N–H and O–H groups in total. The number of rotatable bonds is 0. The average Bonchev–Trinajstić information content (AvgIpc) is 2.62. The van der Waals surface area contributed by atoms with Crippen molar-refractivity contribution in [3.05, 3.63) is 30.3 Å². The Hall–Kier alpha value is -0.930. The second-order valence-corrected chi connectivity index (χ2v) is 4.58. The first-order valence-corrected chi connectivity index (χ1v) is 5.79. The molecule has 0 atom stereocenters. The molecule has 0 bridgehead atoms. The third kappa shape index (κ3) is 0.750. The molecule has 3 rings (SSSR count). The Bertz CT molecular complexity index is 494. The quantitative estimate of drug-likeness (QED) is 0.496. The van der Waals surface area contributed by atoms with E-state index in [0.29, 0.717) is 0 Å². The minimum Gasteiger partial charge on any atom is -0.181 e. The van der Waals surface area contributed by atoms with Gasteiger partial charge in [0.05, 0.1) is 4.88 Å². The first kappa shape index (κ1) is 6.57. The van der Waals surface area contributed by atoms with Gasteiger partial charge in [-0.05, 0) is 11.5 Å². The first-order valence-electron chi connectivity index (χ1n) is 3.68. The predicted molar refractivity (Wildman–Crippen MR) is 54.1 cm³/mol. The van der Waals surface area contributed by atoms with Gasteiger partial charge in [-0.1, -0.05) is 34.6 Å². The van der Waals surface area contributed by atoms with Gasteiger partial charge in [-0.15, -0.1) is 0 Å².